The normalized spacial score (nSPS) is 18.7. The van der Waals surface area contributed by atoms with Crippen LogP contribution in [0, 0.1) is 0 Å². The summed E-state index contributed by atoms with van der Waals surface area (Å²) < 4.78 is 44.4. The molecule has 3 aromatic rings. The highest BCUT2D eigenvalue weighted by Crippen LogP contribution is 2.35. The molecule has 0 saturated heterocycles. The van der Waals surface area contributed by atoms with E-state index in [0.717, 1.165) is 30.2 Å². The fraction of sp³-hybridized carbons (Fsp3) is 0.217. The van der Waals surface area contributed by atoms with Gasteiger partial charge >= 0.3 is 6.18 Å². The molecule has 31 heavy (non-hydrogen) atoms. The fourth-order valence-electron chi connectivity index (χ4n) is 3.90. The van der Waals surface area contributed by atoms with Gasteiger partial charge in [0, 0.05) is 16.9 Å². The number of halogens is 3. The van der Waals surface area contributed by atoms with Gasteiger partial charge in [0.2, 0.25) is 0 Å². The number of aryl methyl sites for hydroxylation is 1. The zero-order valence-corrected chi connectivity index (χ0v) is 16.4. The van der Waals surface area contributed by atoms with Gasteiger partial charge in [0.05, 0.1) is 6.04 Å². The van der Waals surface area contributed by atoms with E-state index in [4.69, 9.17) is 9.73 Å². The van der Waals surface area contributed by atoms with Crippen LogP contribution in [0.3, 0.4) is 0 Å². The first kappa shape index (κ1) is 19.4. The quantitative estimate of drug-likeness (QED) is 0.556. The zero-order valence-electron chi connectivity index (χ0n) is 16.4. The summed E-state index contributed by atoms with van der Waals surface area (Å²) in [6.07, 6.45) is -2.53. The average molecular weight is 424 g/mol. The van der Waals surface area contributed by atoms with Crippen molar-refractivity contribution < 1.29 is 17.9 Å². The van der Waals surface area contributed by atoms with E-state index >= 15 is 0 Å². The lowest BCUT2D eigenvalue weighted by molar-refractivity contribution is -0.141. The Morgan fingerprint density at radius 1 is 1.03 bits per heavy atom. The van der Waals surface area contributed by atoms with E-state index in [-0.39, 0.29) is 11.9 Å². The monoisotopic (exact) mass is 424 g/mol. The summed E-state index contributed by atoms with van der Waals surface area (Å²) >= 11 is 0. The van der Waals surface area contributed by atoms with Gasteiger partial charge in [0.25, 0.3) is 6.02 Å². The van der Waals surface area contributed by atoms with Crippen molar-refractivity contribution in [2.24, 2.45) is 4.99 Å². The Labute approximate surface area is 177 Å². The number of nitrogens with one attached hydrogen (secondary N) is 2. The van der Waals surface area contributed by atoms with Gasteiger partial charge in [-0.05, 0) is 54.3 Å². The number of pyridine rings is 1. The van der Waals surface area contributed by atoms with Gasteiger partial charge in [-0.2, -0.15) is 13.2 Å². The number of fused-ring (bicyclic) bond motifs is 2. The standard InChI is InChI=1S/C23H19F3N4O/c24-23(25,26)20-6-3-7-21(30-20)27-16-9-11-18-15(12-16)13-31-22(28-18)29-19-10-8-14-4-1-2-5-17(14)19/h1-7,9,11-12,19H,8,10,13H2,(H,27,30)(H,28,29). The molecule has 158 valence electrons. The van der Waals surface area contributed by atoms with Crippen LogP contribution < -0.4 is 10.6 Å². The Hall–Kier alpha value is -3.55. The first-order chi connectivity index (χ1) is 15.0. The Bertz CT molecular complexity index is 1160. The molecule has 0 spiro atoms. The van der Waals surface area contributed by atoms with Crippen LogP contribution in [-0.2, 0) is 23.9 Å². The number of anilines is 3. The van der Waals surface area contributed by atoms with E-state index in [9.17, 15) is 13.2 Å². The minimum absolute atomic E-state index is 0.0770. The van der Waals surface area contributed by atoms with Crippen molar-refractivity contribution in [3.8, 4) is 0 Å². The minimum Gasteiger partial charge on any atom is -0.460 e. The number of aromatic nitrogens is 1. The van der Waals surface area contributed by atoms with Crippen molar-refractivity contribution in [3.63, 3.8) is 0 Å². The van der Waals surface area contributed by atoms with Crippen molar-refractivity contribution in [2.75, 3.05) is 10.6 Å². The average Bonchev–Trinajstić information content (AvgIpc) is 3.16. The number of hydrogen-bond donors (Lipinski definition) is 2. The molecule has 1 aliphatic carbocycles. The summed E-state index contributed by atoms with van der Waals surface area (Å²) in [7, 11) is 0. The number of amidine groups is 1. The Morgan fingerprint density at radius 2 is 1.90 bits per heavy atom. The third kappa shape index (κ3) is 4.05. The molecule has 0 fully saturated rings. The summed E-state index contributed by atoms with van der Waals surface area (Å²) in [5.41, 5.74) is 3.99. The van der Waals surface area contributed by atoms with Gasteiger partial charge in [0.15, 0.2) is 0 Å². The molecule has 0 saturated carbocycles. The summed E-state index contributed by atoms with van der Waals surface area (Å²) in [6, 6.07) is 18.1. The Kier molecular flexibility index (Phi) is 4.77. The van der Waals surface area contributed by atoms with E-state index in [0.29, 0.717) is 18.3 Å². The number of alkyl halides is 3. The first-order valence-corrected chi connectivity index (χ1v) is 9.95. The van der Waals surface area contributed by atoms with Crippen LogP contribution >= 0.6 is 0 Å². The van der Waals surface area contributed by atoms with Crippen LogP contribution in [0.15, 0.2) is 65.7 Å². The maximum Gasteiger partial charge on any atom is 0.433 e. The number of rotatable bonds is 3. The molecule has 1 aliphatic heterocycles. The minimum atomic E-state index is -4.49. The largest absolute Gasteiger partial charge is 0.460 e. The van der Waals surface area contributed by atoms with Crippen LogP contribution in [-0.4, -0.2) is 11.0 Å². The van der Waals surface area contributed by atoms with E-state index in [1.165, 1.54) is 23.3 Å². The number of nitrogens with zero attached hydrogens (tertiary/aromatic N) is 2. The number of hydrogen-bond acceptors (Lipinski definition) is 4. The van der Waals surface area contributed by atoms with E-state index in [1.54, 1.807) is 6.07 Å². The van der Waals surface area contributed by atoms with Gasteiger partial charge < -0.3 is 15.4 Å². The van der Waals surface area contributed by atoms with Crippen LogP contribution in [0.25, 0.3) is 0 Å². The van der Waals surface area contributed by atoms with Crippen LogP contribution in [0.5, 0.6) is 0 Å². The molecule has 5 nitrogen and oxygen atoms in total. The maximum absolute atomic E-state index is 12.9. The van der Waals surface area contributed by atoms with Crippen LogP contribution in [0.2, 0.25) is 0 Å². The summed E-state index contributed by atoms with van der Waals surface area (Å²) in [5, 5.41) is 6.13. The SMILES string of the molecule is FC(F)(F)c1cccc(Nc2ccc3c(c2)COC(=NC2CCc4ccccc42)N3)n1. The highest BCUT2D eigenvalue weighted by molar-refractivity contribution is 5.92. The summed E-state index contributed by atoms with van der Waals surface area (Å²) in [4.78, 5) is 8.39. The zero-order chi connectivity index (χ0) is 21.4. The molecular formula is C23H19F3N4O. The number of aliphatic imine (C=N–C) groups is 1. The molecule has 0 radical (unpaired) electrons. The summed E-state index contributed by atoms with van der Waals surface area (Å²) in [5.74, 6) is 0.126. The van der Waals surface area contributed by atoms with Crippen molar-refractivity contribution in [1.29, 1.82) is 0 Å². The highest BCUT2D eigenvalue weighted by atomic mass is 19.4. The van der Waals surface area contributed by atoms with Crippen molar-refractivity contribution >= 4 is 23.2 Å². The molecule has 0 amide bonds. The third-order valence-corrected chi connectivity index (χ3v) is 5.40. The van der Waals surface area contributed by atoms with Gasteiger partial charge in [-0.25, -0.2) is 9.98 Å². The molecule has 2 aliphatic rings. The van der Waals surface area contributed by atoms with E-state index in [2.05, 4.69) is 27.8 Å². The van der Waals surface area contributed by atoms with Crippen molar-refractivity contribution in [2.45, 2.75) is 31.7 Å². The second-order valence-electron chi connectivity index (χ2n) is 7.50. The van der Waals surface area contributed by atoms with Crippen LogP contribution in [0.4, 0.5) is 30.4 Å². The van der Waals surface area contributed by atoms with Gasteiger partial charge in [-0.3, -0.25) is 0 Å². The second-order valence-corrected chi connectivity index (χ2v) is 7.50. The Balaban J connectivity index is 1.31. The first-order valence-electron chi connectivity index (χ1n) is 9.95. The van der Waals surface area contributed by atoms with E-state index in [1.807, 2.05) is 24.3 Å². The lowest BCUT2D eigenvalue weighted by Crippen LogP contribution is -2.23. The molecule has 2 N–H and O–H groups in total. The molecule has 1 aromatic heterocycles. The smallest absolute Gasteiger partial charge is 0.433 e. The molecule has 2 aromatic carbocycles. The molecule has 1 unspecified atom stereocenters. The fourth-order valence-corrected chi connectivity index (χ4v) is 3.90. The molecule has 5 rings (SSSR count). The maximum atomic E-state index is 12.9. The third-order valence-electron chi connectivity index (χ3n) is 5.40. The molecular weight excluding hydrogens is 405 g/mol. The van der Waals surface area contributed by atoms with Crippen molar-refractivity contribution in [3.05, 3.63) is 83.0 Å². The van der Waals surface area contributed by atoms with Gasteiger partial charge in [-0.15, -0.1) is 0 Å². The molecule has 1 atom stereocenters. The summed E-state index contributed by atoms with van der Waals surface area (Å²) in [6.45, 7) is 0.321. The topological polar surface area (TPSA) is 58.5 Å². The second kappa shape index (κ2) is 7.61. The predicted octanol–water partition coefficient (Wildman–Crippen LogP) is 5.83. The number of benzene rings is 2. The van der Waals surface area contributed by atoms with E-state index < -0.39 is 11.9 Å². The highest BCUT2D eigenvalue weighted by Gasteiger charge is 2.32. The predicted molar refractivity (Wildman–Crippen MR) is 112 cm³/mol. The Morgan fingerprint density at radius 3 is 2.77 bits per heavy atom. The molecule has 2 heterocycles. The molecule has 0 bridgehead atoms. The lowest BCUT2D eigenvalue weighted by Gasteiger charge is -2.22. The molecule has 8 heteroatoms. The van der Waals surface area contributed by atoms with Gasteiger partial charge in [-0.1, -0.05) is 30.3 Å². The van der Waals surface area contributed by atoms with Gasteiger partial charge in [0.1, 0.15) is 18.1 Å². The van der Waals surface area contributed by atoms with Crippen LogP contribution in [0.1, 0.15) is 34.8 Å². The lowest BCUT2D eigenvalue weighted by atomic mass is 10.1. The van der Waals surface area contributed by atoms with Crippen molar-refractivity contribution in [1.82, 2.24) is 4.98 Å². The number of ether oxygens (including phenoxy) is 1.